The number of aryl methyl sites for hydroxylation is 1. The highest BCUT2D eigenvalue weighted by atomic mass is 79.9. The lowest BCUT2D eigenvalue weighted by atomic mass is 9.82. The zero-order valence-corrected chi connectivity index (χ0v) is 25.0. The third-order valence-corrected chi connectivity index (χ3v) is 7.15. The molecule has 1 aliphatic rings. The molecule has 2 heterocycles. The largest absolute Gasteiger partial charge is 1.00 e. The predicted octanol–water partition coefficient (Wildman–Crippen LogP) is 0.109. The quantitative estimate of drug-likeness (QED) is 0.138. The number of pyridine rings is 1. The monoisotopic (exact) mass is 612 g/mol. The van der Waals surface area contributed by atoms with Crippen LogP contribution in [0, 0.1) is 0 Å². The summed E-state index contributed by atoms with van der Waals surface area (Å²) in [6, 6.07) is 23.3. The standard InChI is InChI=1S/C30H38N4.2BrH/c1-25-30(2,3)28-16-10-11-17-29(28)34(25)21-13-6-5-12-20-33-22-18-26(19-23-33)24-31-32(4)27-14-8-7-9-15-27;;/h7-11,14-19,22-24H,5-6,12-13,20-21H2,1-4H3;2*1H/q+2;;/p-2. The Kier molecular flexibility index (Phi) is 11.5. The summed E-state index contributed by atoms with van der Waals surface area (Å²) >= 11 is 0. The van der Waals surface area contributed by atoms with Crippen molar-refractivity contribution in [3.63, 3.8) is 0 Å². The van der Waals surface area contributed by atoms with E-state index >= 15 is 0 Å². The molecular formula is C30H38Br2N4. The second kappa shape index (κ2) is 13.8. The molecule has 4 nitrogen and oxygen atoms in total. The van der Waals surface area contributed by atoms with Crippen LogP contribution in [0.3, 0.4) is 0 Å². The fraction of sp³-hybridized carbons (Fsp3) is 0.367. The lowest BCUT2D eigenvalue weighted by Crippen LogP contribution is -3.00. The number of hydrogen-bond acceptors (Lipinski definition) is 2. The molecule has 0 saturated carbocycles. The highest BCUT2D eigenvalue weighted by molar-refractivity contribution is 5.93. The van der Waals surface area contributed by atoms with E-state index < -0.39 is 0 Å². The van der Waals surface area contributed by atoms with Crippen LogP contribution >= 0.6 is 0 Å². The molecule has 0 N–H and O–H groups in total. The Morgan fingerprint density at radius 1 is 0.806 bits per heavy atom. The molecule has 0 spiro atoms. The Balaban J connectivity index is 0.00000228. The predicted molar refractivity (Wildman–Crippen MR) is 142 cm³/mol. The third-order valence-electron chi connectivity index (χ3n) is 7.15. The van der Waals surface area contributed by atoms with Crippen LogP contribution in [0.15, 0.2) is 84.2 Å². The van der Waals surface area contributed by atoms with Crippen LogP contribution in [0.4, 0.5) is 11.4 Å². The summed E-state index contributed by atoms with van der Waals surface area (Å²) in [5, 5.41) is 6.44. The van der Waals surface area contributed by atoms with Crippen molar-refractivity contribution in [2.45, 2.75) is 58.4 Å². The molecule has 36 heavy (non-hydrogen) atoms. The number of hydrazone groups is 1. The minimum Gasteiger partial charge on any atom is -1.00 e. The topological polar surface area (TPSA) is 22.5 Å². The van der Waals surface area contributed by atoms with Gasteiger partial charge in [-0.2, -0.15) is 9.68 Å². The molecule has 0 atom stereocenters. The number of unbranched alkanes of at least 4 members (excludes halogenated alkanes) is 3. The zero-order chi connectivity index (χ0) is 24.0. The van der Waals surface area contributed by atoms with Crippen LogP contribution in [-0.2, 0) is 12.0 Å². The van der Waals surface area contributed by atoms with Crippen molar-refractivity contribution in [2.75, 3.05) is 18.6 Å². The van der Waals surface area contributed by atoms with Crippen molar-refractivity contribution in [1.29, 1.82) is 0 Å². The van der Waals surface area contributed by atoms with Crippen molar-refractivity contribution in [3.05, 3.63) is 90.3 Å². The lowest BCUT2D eigenvalue weighted by molar-refractivity contribution is -0.697. The Hall–Kier alpha value is -2.31. The van der Waals surface area contributed by atoms with E-state index in [9.17, 15) is 0 Å². The van der Waals surface area contributed by atoms with Crippen LogP contribution in [0.5, 0.6) is 0 Å². The number of para-hydroxylation sites is 2. The van der Waals surface area contributed by atoms with Crippen LogP contribution in [0.2, 0.25) is 0 Å². The Labute approximate surface area is 237 Å². The van der Waals surface area contributed by atoms with Gasteiger partial charge in [0.1, 0.15) is 13.1 Å². The average molecular weight is 614 g/mol. The number of halogens is 2. The summed E-state index contributed by atoms with van der Waals surface area (Å²) < 4.78 is 4.81. The van der Waals surface area contributed by atoms with Gasteiger partial charge >= 0.3 is 0 Å². The first-order chi connectivity index (χ1) is 16.5. The molecule has 0 fully saturated rings. The van der Waals surface area contributed by atoms with Crippen LogP contribution < -0.4 is 43.5 Å². The van der Waals surface area contributed by atoms with Gasteiger partial charge in [0.05, 0.1) is 17.3 Å². The molecular weight excluding hydrogens is 576 g/mol. The van der Waals surface area contributed by atoms with E-state index in [0.717, 1.165) is 24.3 Å². The second-order valence-corrected chi connectivity index (χ2v) is 9.77. The van der Waals surface area contributed by atoms with Gasteiger partial charge in [0, 0.05) is 56.1 Å². The average Bonchev–Trinajstić information content (AvgIpc) is 3.06. The van der Waals surface area contributed by atoms with E-state index in [2.05, 4.69) is 95.9 Å². The second-order valence-electron chi connectivity index (χ2n) is 9.77. The Bertz CT molecular complexity index is 1160. The molecule has 192 valence electrons. The molecule has 0 saturated heterocycles. The smallest absolute Gasteiger partial charge is 0.209 e. The van der Waals surface area contributed by atoms with Crippen molar-refractivity contribution in [2.24, 2.45) is 5.10 Å². The summed E-state index contributed by atoms with van der Waals surface area (Å²) in [6.45, 7) is 9.16. The van der Waals surface area contributed by atoms with E-state index in [1.54, 1.807) is 0 Å². The summed E-state index contributed by atoms with van der Waals surface area (Å²) in [4.78, 5) is 0. The maximum absolute atomic E-state index is 4.54. The van der Waals surface area contributed by atoms with E-state index in [0.29, 0.717) is 0 Å². The van der Waals surface area contributed by atoms with Crippen LogP contribution in [0.1, 0.15) is 57.6 Å². The summed E-state index contributed by atoms with van der Waals surface area (Å²) in [6.07, 6.45) is 11.2. The van der Waals surface area contributed by atoms with E-state index in [1.807, 2.05) is 36.5 Å². The van der Waals surface area contributed by atoms with Gasteiger partial charge in [-0.3, -0.25) is 5.01 Å². The fourth-order valence-corrected chi connectivity index (χ4v) is 4.72. The number of aromatic nitrogens is 1. The number of rotatable bonds is 10. The first-order valence-electron chi connectivity index (χ1n) is 12.5. The molecule has 0 amide bonds. The Morgan fingerprint density at radius 2 is 1.42 bits per heavy atom. The maximum atomic E-state index is 4.54. The number of anilines is 1. The first kappa shape index (κ1) is 29.9. The van der Waals surface area contributed by atoms with Crippen LogP contribution in [-0.4, -0.2) is 30.1 Å². The van der Waals surface area contributed by atoms with Gasteiger partial charge in [-0.25, -0.2) is 4.57 Å². The van der Waals surface area contributed by atoms with Crippen molar-refractivity contribution in [1.82, 2.24) is 0 Å². The molecule has 1 aliphatic heterocycles. The molecule has 0 bridgehead atoms. The minimum absolute atomic E-state index is 0. The highest BCUT2D eigenvalue weighted by Gasteiger charge is 2.42. The van der Waals surface area contributed by atoms with Crippen LogP contribution in [0.25, 0.3) is 0 Å². The van der Waals surface area contributed by atoms with E-state index in [1.165, 1.54) is 42.6 Å². The van der Waals surface area contributed by atoms with Crippen molar-refractivity contribution in [3.8, 4) is 0 Å². The summed E-state index contributed by atoms with van der Waals surface area (Å²) in [5.74, 6) is 0. The van der Waals surface area contributed by atoms with Gasteiger partial charge in [-0.1, -0.05) is 36.4 Å². The summed E-state index contributed by atoms with van der Waals surface area (Å²) in [7, 11) is 1.97. The fourth-order valence-electron chi connectivity index (χ4n) is 4.72. The molecule has 1 aromatic heterocycles. The molecule has 3 aromatic rings. The van der Waals surface area contributed by atoms with Crippen molar-refractivity contribution >= 4 is 23.3 Å². The molecule has 2 aromatic carbocycles. The van der Waals surface area contributed by atoms with Crippen molar-refractivity contribution < 1.29 is 43.1 Å². The molecule has 0 aliphatic carbocycles. The molecule has 4 rings (SSSR count). The van der Waals surface area contributed by atoms with Gasteiger partial charge in [0.15, 0.2) is 18.1 Å². The van der Waals surface area contributed by atoms with Gasteiger partial charge in [0.25, 0.3) is 0 Å². The normalized spacial score (nSPS) is 13.8. The maximum Gasteiger partial charge on any atom is 0.209 e. The van der Waals surface area contributed by atoms with E-state index in [-0.39, 0.29) is 39.4 Å². The van der Waals surface area contributed by atoms with E-state index in [4.69, 9.17) is 0 Å². The lowest BCUT2D eigenvalue weighted by Gasteiger charge is -2.14. The zero-order valence-electron chi connectivity index (χ0n) is 21.9. The molecule has 6 heteroatoms. The van der Waals surface area contributed by atoms with Gasteiger partial charge in [0.2, 0.25) is 5.69 Å². The highest BCUT2D eigenvalue weighted by Crippen LogP contribution is 2.39. The molecule has 0 radical (unpaired) electrons. The Morgan fingerprint density at radius 3 is 2.11 bits per heavy atom. The SMILES string of the molecule is CC1=[N+](CCCCCC[n+]2ccc(/C=N/N(C)c3ccccc3)cc2)c2ccccc2C1(C)C.[Br-].[Br-]. The first-order valence-corrected chi connectivity index (χ1v) is 12.5. The number of hydrogen-bond donors (Lipinski definition) is 0. The van der Waals surface area contributed by atoms with Gasteiger partial charge in [-0.05, 0) is 38.8 Å². The minimum atomic E-state index is 0. The third kappa shape index (κ3) is 7.13. The molecule has 0 unspecified atom stereocenters. The number of fused-ring (bicyclic) bond motifs is 1. The summed E-state index contributed by atoms with van der Waals surface area (Å²) in [5.41, 5.74) is 6.67. The van der Waals surface area contributed by atoms with Gasteiger partial charge < -0.3 is 34.0 Å². The number of benzene rings is 2. The van der Waals surface area contributed by atoms with Gasteiger partial charge in [-0.15, -0.1) is 0 Å². The number of nitrogens with zero attached hydrogens (tertiary/aromatic N) is 4.